The van der Waals surface area contributed by atoms with Crippen LogP contribution in [0.1, 0.15) is 43.2 Å². The molecule has 3 fully saturated rings. The molecular weight excluding hydrogens is 537 g/mol. The summed E-state index contributed by atoms with van der Waals surface area (Å²) in [6.45, 7) is 2.26. The monoisotopic (exact) mass is 567 g/mol. The van der Waals surface area contributed by atoms with Crippen molar-refractivity contribution in [1.29, 1.82) is 0 Å². The van der Waals surface area contributed by atoms with Crippen molar-refractivity contribution in [3.8, 4) is 0 Å². The van der Waals surface area contributed by atoms with Crippen LogP contribution in [0.25, 0.3) is 0 Å². The van der Waals surface area contributed by atoms with Gasteiger partial charge in [0.2, 0.25) is 17.7 Å². The molecule has 3 amide bonds. The number of likely N-dealkylation sites (tertiary alicyclic amines) is 1. The summed E-state index contributed by atoms with van der Waals surface area (Å²) in [7, 11) is 0. The molecule has 5 atom stereocenters. The maximum atomic E-state index is 14.1. The molecule has 204 valence electrons. The van der Waals surface area contributed by atoms with Crippen molar-refractivity contribution in [1.82, 2.24) is 10.2 Å². The quantitative estimate of drug-likeness (QED) is 0.478. The van der Waals surface area contributed by atoms with Crippen LogP contribution < -0.4 is 10.6 Å². The molecule has 3 heterocycles. The van der Waals surface area contributed by atoms with Crippen LogP contribution in [0.4, 0.5) is 5.69 Å². The van der Waals surface area contributed by atoms with Gasteiger partial charge in [0.1, 0.15) is 11.6 Å². The lowest BCUT2D eigenvalue weighted by molar-refractivity contribution is -0.142. The lowest BCUT2D eigenvalue weighted by Gasteiger charge is -2.34. The predicted molar refractivity (Wildman–Crippen MR) is 149 cm³/mol. The van der Waals surface area contributed by atoms with Gasteiger partial charge in [-0.15, -0.1) is 0 Å². The minimum atomic E-state index is -1.20. The van der Waals surface area contributed by atoms with E-state index in [9.17, 15) is 14.4 Å². The number of hydrogen-bond acceptors (Lipinski definition) is 4. The average Bonchev–Trinajstić information content (AvgIpc) is 3.56. The number of rotatable bonds is 6. The highest BCUT2D eigenvalue weighted by Crippen LogP contribution is 2.55. The van der Waals surface area contributed by atoms with E-state index in [-0.39, 0.29) is 30.3 Å². The smallest absolute Gasteiger partial charge is 0.246 e. The molecule has 1 aliphatic carbocycles. The van der Waals surface area contributed by atoms with E-state index in [1.807, 2.05) is 43.3 Å². The number of aryl methyl sites for hydroxylation is 1. The number of ether oxygens (including phenoxy) is 1. The molecule has 2 aromatic rings. The van der Waals surface area contributed by atoms with Gasteiger partial charge in [-0.25, -0.2) is 0 Å². The summed E-state index contributed by atoms with van der Waals surface area (Å²) >= 11 is 12.2. The molecule has 4 aliphatic rings. The molecule has 1 spiro atoms. The lowest BCUT2D eigenvalue weighted by Crippen LogP contribution is -2.56. The number of halogens is 2. The number of benzene rings is 2. The zero-order chi connectivity index (χ0) is 27.3. The van der Waals surface area contributed by atoms with Gasteiger partial charge in [0.15, 0.2) is 0 Å². The summed E-state index contributed by atoms with van der Waals surface area (Å²) in [6.07, 6.45) is 8.22. The molecule has 39 heavy (non-hydrogen) atoms. The van der Waals surface area contributed by atoms with Crippen molar-refractivity contribution in [2.24, 2.45) is 11.8 Å². The first-order chi connectivity index (χ1) is 18.8. The Morgan fingerprint density at radius 2 is 1.77 bits per heavy atom. The molecule has 9 heteroatoms. The molecule has 2 bridgehead atoms. The summed E-state index contributed by atoms with van der Waals surface area (Å²) in [6, 6.07) is 11.9. The molecule has 7 nitrogen and oxygen atoms in total. The third-order valence-electron chi connectivity index (χ3n) is 8.54. The molecule has 2 N–H and O–H groups in total. The standard InChI is InChI=1S/C30H31Cl2N3O4/c1-17-7-9-18(10-8-17)16-35-26(28(37)33-19-5-3-2-4-6-19)30-14-13-23(39-30)24(25(30)29(35)38)27(36)34-20-11-12-21(31)22(32)15-20/h7-15,19,23-26H,2-6,16H2,1H3,(H,33,37)(H,34,36)/t23-,24-,25-,26-,30+/m1/s1. The summed E-state index contributed by atoms with van der Waals surface area (Å²) in [5.41, 5.74) is 1.29. The van der Waals surface area contributed by atoms with Gasteiger partial charge in [0, 0.05) is 18.3 Å². The molecule has 2 aromatic carbocycles. The van der Waals surface area contributed by atoms with Gasteiger partial charge in [0.25, 0.3) is 0 Å². The number of nitrogens with zero attached hydrogens (tertiary/aromatic N) is 1. The highest BCUT2D eigenvalue weighted by atomic mass is 35.5. The largest absolute Gasteiger partial charge is 0.359 e. The van der Waals surface area contributed by atoms with Gasteiger partial charge in [-0.3, -0.25) is 14.4 Å². The van der Waals surface area contributed by atoms with Crippen LogP contribution in [0.15, 0.2) is 54.6 Å². The fraction of sp³-hybridized carbons (Fsp3) is 0.433. The number of hydrogen-bond donors (Lipinski definition) is 2. The zero-order valence-corrected chi connectivity index (χ0v) is 23.2. The maximum absolute atomic E-state index is 14.1. The van der Waals surface area contributed by atoms with Crippen molar-refractivity contribution >= 4 is 46.6 Å². The number of carbonyl (C=O) groups excluding carboxylic acids is 3. The second-order valence-electron chi connectivity index (χ2n) is 11.1. The molecule has 0 unspecified atom stereocenters. The van der Waals surface area contributed by atoms with E-state index in [2.05, 4.69) is 10.6 Å². The van der Waals surface area contributed by atoms with E-state index in [0.717, 1.165) is 36.8 Å². The predicted octanol–water partition coefficient (Wildman–Crippen LogP) is 5.04. The Kier molecular flexibility index (Phi) is 6.94. The number of fused-ring (bicyclic) bond motifs is 1. The van der Waals surface area contributed by atoms with Crippen LogP contribution in [0.3, 0.4) is 0 Å². The van der Waals surface area contributed by atoms with Crippen LogP contribution in [-0.2, 0) is 25.7 Å². The van der Waals surface area contributed by atoms with Gasteiger partial charge >= 0.3 is 0 Å². The Balaban J connectivity index is 1.32. The van der Waals surface area contributed by atoms with Crippen molar-refractivity contribution in [2.75, 3.05) is 5.32 Å². The maximum Gasteiger partial charge on any atom is 0.246 e. The van der Waals surface area contributed by atoms with E-state index >= 15 is 0 Å². The van der Waals surface area contributed by atoms with E-state index in [1.54, 1.807) is 23.1 Å². The van der Waals surface area contributed by atoms with Crippen molar-refractivity contribution in [3.05, 3.63) is 75.8 Å². The van der Waals surface area contributed by atoms with Crippen molar-refractivity contribution < 1.29 is 19.1 Å². The molecule has 0 aromatic heterocycles. The highest BCUT2D eigenvalue weighted by Gasteiger charge is 2.72. The Labute approximate surface area is 237 Å². The first kappa shape index (κ1) is 26.4. The highest BCUT2D eigenvalue weighted by molar-refractivity contribution is 6.42. The van der Waals surface area contributed by atoms with Crippen molar-refractivity contribution in [3.63, 3.8) is 0 Å². The molecule has 3 aliphatic heterocycles. The zero-order valence-electron chi connectivity index (χ0n) is 21.7. The van der Waals surface area contributed by atoms with E-state index in [4.69, 9.17) is 27.9 Å². The van der Waals surface area contributed by atoms with Gasteiger partial charge in [-0.05, 0) is 43.5 Å². The Hall–Kier alpha value is -2.87. The second-order valence-corrected chi connectivity index (χ2v) is 11.9. The molecule has 6 rings (SSSR count). The fourth-order valence-electron chi connectivity index (χ4n) is 6.65. The number of carbonyl (C=O) groups is 3. The van der Waals surface area contributed by atoms with Crippen LogP contribution in [-0.4, -0.2) is 46.4 Å². The van der Waals surface area contributed by atoms with Crippen LogP contribution in [0.5, 0.6) is 0 Å². The van der Waals surface area contributed by atoms with E-state index in [0.29, 0.717) is 15.7 Å². The number of anilines is 1. The Morgan fingerprint density at radius 3 is 2.49 bits per heavy atom. The minimum Gasteiger partial charge on any atom is -0.359 e. The Morgan fingerprint density at radius 1 is 1.03 bits per heavy atom. The van der Waals surface area contributed by atoms with E-state index < -0.39 is 29.6 Å². The van der Waals surface area contributed by atoms with E-state index in [1.165, 1.54) is 6.42 Å². The normalized spacial score (nSPS) is 29.5. The molecule has 1 saturated carbocycles. The number of amides is 3. The van der Waals surface area contributed by atoms with Gasteiger partial charge in [0.05, 0.1) is 28.0 Å². The second kappa shape index (κ2) is 10.3. The first-order valence-corrected chi connectivity index (χ1v) is 14.3. The first-order valence-electron chi connectivity index (χ1n) is 13.6. The molecule has 2 saturated heterocycles. The van der Waals surface area contributed by atoms with Gasteiger partial charge in [-0.2, -0.15) is 0 Å². The Bertz CT molecular complexity index is 1340. The van der Waals surface area contributed by atoms with Crippen molar-refractivity contribution in [2.45, 2.75) is 69.4 Å². The van der Waals surface area contributed by atoms with Crippen LogP contribution >= 0.6 is 23.2 Å². The minimum absolute atomic E-state index is 0.0781. The van der Waals surface area contributed by atoms with Gasteiger partial charge in [-0.1, -0.05) is 84.4 Å². The topological polar surface area (TPSA) is 87.7 Å². The van der Waals surface area contributed by atoms with Crippen LogP contribution in [0.2, 0.25) is 10.0 Å². The lowest BCUT2D eigenvalue weighted by atomic mass is 9.74. The molecular formula is C30H31Cl2N3O4. The molecule has 0 radical (unpaired) electrons. The summed E-state index contributed by atoms with van der Waals surface area (Å²) in [4.78, 5) is 43.3. The number of nitrogens with one attached hydrogen (secondary N) is 2. The SMILES string of the molecule is Cc1ccc(CN2C(=O)[C@H]3[C@H](C(=O)Nc4ccc(Cl)c(Cl)c4)[C@H]4C=C[C@@]3(O4)[C@H]2C(=O)NC2CCCCC2)cc1. The average molecular weight is 569 g/mol. The summed E-state index contributed by atoms with van der Waals surface area (Å²) in [5.74, 6) is -2.43. The summed E-state index contributed by atoms with van der Waals surface area (Å²) < 4.78 is 6.44. The fourth-order valence-corrected chi connectivity index (χ4v) is 6.95. The van der Waals surface area contributed by atoms with Gasteiger partial charge < -0.3 is 20.3 Å². The third-order valence-corrected chi connectivity index (χ3v) is 9.28. The third kappa shape index (κ3) is 4.64. The van der Waals surface area contributed by atoms with Crippen LogP contribution in [0, 0.1) is 18.8 Å². The summed E-state index contributed by atoms with van der Waals surface area (Å²) in [5, 5.41) is 6.79.